The van der Waals surface area contributed by atoms with E-state index in [1.54, 1.807) is 0 Å². The van der Waals surface area contributed by atoms with E-state index >= 15 is 0 Å². The van der Waals surface area contributed by atoms with Crippen LogP contribution in [-0.4, -0.2) is 47.4 Å². The van der Waals surface area contributed by atoms with Gasteiger partial charge in [0.05, 0.1) is 25.4 Å². The number of esters is 1. The first-order chi connectivity index (χ1) is 28.0. The summed E-state index contributed by atoms with van der Waals surface area (Å²) in [5.74, 6) is -0.0805. The lowest BCUT2D eigenvalue weighted by atomic mass is 10.0. The Morgan fingerprint density at radius 3 is 1.25 bits per heavy atom. The van der Waals surface area contributed by atoms with Crippen molar-refractivity contribution in [2.45, 2.75) is 289 Å². The molecule has 0 radical (unpaired) electrons. The van der Waals surface area contributed by atoms with Crippen LogP contribution in [0.4, 0.5) is 0 Å². The van der Waals surface area contributed by atoms with Gasteiger partial charge in [0.25, 0.3) is 0 Å². The smallest absolute Gasteiger partial charge is 0.305 e. The van der Waals surface area contributed by atoms with E-state index in [0.717, 1.165) is 77.0 Å². The van der Waals surface area contributed by atoms with E-state index < -0.39 is 12.1 Å². The lowest BCUT2D eigenvalue weighted by molar-refractivity contribution is -0.143. The number of rotatable bonds is 47. The molecule has 1 amide bonds. The summed E-state index contributed by atoms with van der Waals surface area (Å²) in [6.45, 7) is 4.89. The molecule has 2 atom stereocenters. The molecule has 0 aliphatic rings. The second-order valence-electron chi connectivity index (χ2n) is 17.5. The standard InChI is InChI=1S/C51H99NO5/c1-3-5-7-9-11-13-15-16-17-18-19-20-21-25-29-33-37-41-45-51(56)57-46-42-38-34-30-26-23-22-24-28-32-36-40-44-50(55)52-48(47-53)49(54)43-39-35-31-27-14-12-10-8-6-4-2/h23,26,48-49,53-54H,3-22,24-25,27-47H2,1-2H3,(H,52,55)/b26-23-. The van der Waals surface area contributed by atoms with E-state index in [0.29, 0.717) is 25.9 Å². The molecule has 0 aliphatic heterocycles. The van der Waals surface area contributed by atoms with E-state index in [1.165, 1.54) is 167 Å². The maximum Gasteiger partial charge on any atom is 0.305 e. The Bertz CT molecular complexity index is 847. The molecule has 0 saturated carbocycles. The number of allylic oxidation sites excluding steroid dienone is 2. The lowest BCUT2D eigenvalue weighted by Gasteiger charge is -2.22. The molecule has 0 rings (SSSR count). The summed E-state index contributed by atoms with van der Waals surface area (Å²) in [5.41, 5.74) is 0. The largest absolute Gasteiger partial charge is 0.466 e. The molecule has 3 N–H and O–H groups in total. The Morgan fingerprint density at radius 1 is 0.474 bits per heavy atom. The fraction of sp³-hybridized carbons (Fsp3) is 0.922. The first-order valence-electron chi connectivity index (χ1n) is 25.4. The third-order valence-corrected chi connectivity index (χ3v) is 11.8. The number of aliphatic hydroxyl groups is 2. The Hall–Kier alpha value is -1.40. The fourth-order valence-electron chi connectivity index (χ4n) is 7.87. The van der Waals surface area contributed by atoms with E-state index in [4.69, 9.17) is 4.74 Å². The summed E-state index contributed by atoms with van der Waals surface area (Å²) in [7, 11) is 0. The van der Waals surface area contributed by atoms with Crippen molar-refractivity contribution in [3.05, 3.63) is 12.2 Å². The van der Waals surface area contributed by atoms with Crippen molar-refractivity contribution < 1.29 is 24.5 Å². The molecule has 0 aromatic rings. The normalized spacial score (nSPS) is 12.7. The number of nitrogens with one attached hydrogen (secondary N) is 1. The zero-order valence-electron chi connectivity index (χ0n) is 38.3. The second-order valence-corrected chi connectivity index (χ2v) is 17.5. The molecule has 0 saturated heterocycles. The minimum atomic E-state index is -0.677. The van der Waals surface area contributed by atoms with Crippen molar-refractivity contribution in [3.63, 3.8) is 0 Å². The van der Waals surface area contributed by atoms with Gasteiger partial charge in [0, 0.05) is 12.8 Å². The minimum Gasteiger partial charge on any atom is -0.466 e. The van der Waals surface area contributed by atoms with Crippen molar-refractivity contribution in [2.75, 3.05) is 13.2 Å². The zero-order valence-corrected chi connectivity index (χ0v) is 38.3. The highest BCUT2D eigenvalue weighted by molar-refractivity contribution is 5.76. The monoisotopic (exact) mass is 806 g/mol. The predicted molar refractivity (Wildman–Crippen MR) is 246 cm³/mol. The van der Waals surface area contributed by atoms with Crippen LogP contribution < -0.4 is 5.32 Å². The third-order valence-electron chi connectivity index (χ3n) is 11.8. The Balaban J connectivity index is 3.45. The molecular formula is C51H99NO5. The third kappa shape index (κ3) is 44.0. The fourth-order valence-corrected chi connectivity index (χ4v) is 7.87. The van der Waals surface area contributed by atoms with Gasteiger partial charge < -0.3 is 20.3 Å². The van der Waals surface area contributed by atoms with Gasteiger partial charge in [-0.1, -0.05) is 219 Å². The topological polar surface area (TPSA) is 95.9 Å². The number of carbonyl (C=O) groups excluding carboxylic acids is 2. The number of carbonyl (C=O) groups is 2. The Morgan fingerprint density at radius 2 is 0.825 bits per heavy atom. The van der Waals surface area contributed by atoms with Crippen molar-refractivity contribution in [1.82, 2.24) is 5.32 Å². The predicted octanol–water partition coefficient (Wildman–Crippen LogP) is 15.0. The van der Waals surface area contributed by atoms with E-state index in [2.05, 4.69) is 31.3 Å². The molecule has 0 heterocycles. The maximum absolute atomic E-state index is 12.4. The maximum atomic E-state index is 12.4. The molecule has 6 heteroatoms. The first kappa shape index (κ1) is 55.6. The van der Waals surface area contributed by atoms with Gasteiger partial charge in [-0.05, 0) is 57.8 Å². The second kappa shape index (κ2) is 47.3. The van der Waals surface area contributed by atoms with Gasteiger partial charge in [-0.2, -0.15) is 0 Å². The minimum absolute atomic E-state index is 0.0187. The SMILES string of the molecule is CCCCCCCCCCCCCCCCCCCCC(=O)OCCCCC/C=C\CCCCCCCC(=O)NC(CO)C(O)CCCCCCCCCCCC. The van der Waals surface area contributed by atoms with Gasteiger partial charge >= 0.3 is 5.97 Å². The van der Waals surface area contributed by atoms with E-state index in [1.807, 2.05) is 0 Å². The van der Waals surface area contributed by atoms with Gasteiger partial charge in [0.15, 0.2) is 0 Å². The molecule has 6 nitrogen and oxygen atoms in total. The first-order valence-corrected chi connectivity index (χ1v) is 25.4. The van der Waals surface area contributed by atoms with E-state index in [-0.39, 0.29) is 18.5 Å². The van der Waals surface area contributed by atoms with Crippen molar-refractivity contribution in [1.29, 1.82) is 0 Å². The Kier molecular flexibility index (Phi) is 46.1. The highest BCUT2D eigenvalue weighted by atomic mass is 16.5. The molecule has 2 unspecified atom stereocenters. The molecule has 57 heavy (non-hydrogen) atoms. The molecule has 0 spiro atoms. The number of hydrogen-bond donors (Lipinski definition) is 3. The molecule has 0 bridgehead atoms. The molecule has 338 valence electrons. The molecule has 0 aromatic heterocycles. The summed E-state index contributed by atoms with van der Waals surface area (Å²) in [6, 6.07) is -0.557. The van der Waals surface area contributed by atoms with Crippen LogP contribution in [-0.2, 0) is 14.3 Å². The number of unbranched alkanes of at least 4 members (excludes halogenated alkanes) is 34. The van der Waals surface area contributed by atoms with E-state index in [9.17, 15) is 19.8 Å². The van der Waals surface area contributed by atoms with Crippen molar-refractivity contribution in [2.24, 2.45) is 0 Å². The molecule has 0 fully saturated rings. The van der Waals surface area contributed by atoms with Crippen LogP contribution in [0.25, 0.3) is 0 Å². The van der Waals surface area contributed by atoms with Crippen LogP contribution in [0.15, 0.2) is 12.2 Å². The molecule has 0 aliphatic carbocycles. The summed E-state index contributed by atoms with van der Waals surface area (Å²) in [6.07, 6.45) is 53.3. The summed E-state index contributed by atoms with van der Waals surface area (Å²) >= 11 is 0. The highest BCUT2D eigenvalue weighted by Gasteiger charge is 2.20. The number of hydrogen-bond acceptors (Lipinski definition) is 5. The van der Waals surface area contributed by atoms with Crippen molar-refractivity contribution >= 4 is 11.9 Å². The zero-order chi connectivity index (χ0) is 41.5. The summed E-state index contributed by atoms with van der Waals surface area (Å²) in [4.78, 5) is 24.4. The van der Waals surface area contributed by atoms with Crippen LogP contribution in [0.5, 0.6) is 0 Å². The van der Waals surface area contributed by atoms with Crippen LogP contribution in [0.3, 0.4) is 0 Å². The van der Waals surface area contributed by atoms with Gasteiger partial charge in [0.1, 0.15) is 0 Å². The number of amides is 1. The highest BCUT2D eigenvalue weighted by Crippen LogP contribution is 2.16. The average molecular weight is 806 g/mol. The van der Waals surface area contributed by atoms with Crippen LogP contribution in [0.2, 0.25) is 0 Å². The van der Waals surface area contributed by atoms with Crippen molar-refractivity contribution in [3.8, 4) is 0 Å². The number of ether oxygens (including phenoxy) is 1. The number of aliphatic hydroxyl groups excluding tert-OH is 2. The van der Waals surface area contributed by atoms with Crippen LogP contribution in [0.1, 0.15) is 277 Å². The van der Waals surface area contributed by atoms with Crippen LogP contribution in [0, 0.1) is 0 Å². The summed E-state index contributed by atoms with van der Waals surface area (Å²) in [5, 5.41) is 23.1. The molecule has 0 aromatic carbocycles. The van der Waals surface area contributed by atoms with Gasteiger partial charge in [-0.3, -0.25) is 9.59 Å². The average Bonchev–Trinajstić information content (AvgIpc) is 3.21. The van der Waals surface area contributed by atoms with Gasteiger partial charge in [0.2, 0.25) is 5.91 Å². The van der Waals surface area contributed by atoms with Crippen LogP contribution >= 0.6 is 0 Å². The Labute approximate surface area is 355 Å². The quantitative estimate of drug-likeness (QED) is 0.0323. The van der Waals surface area contributed by atoms with Gasteiger partial charge in [-0.15, -0.1) is 0 Å². The lowest BCUT2D eigenvalue weighted by Crippen LogP contribution is -2.45. The summed E-state index contributed by atoms with van der Waals surface area (Å²) < 4.78 is 5.46. The van der Waals surface area contributed by atoms with Gasteiger partial charge in [-0.25, -0.2) is 0 Å². The molecular weight excluding hydrogens is 707 g/mol.